The number of anilines is 1. The molecule has 0 radical (unpaired) electrons. The Bertz CT molecular complexity index is 1310. The fourth-order valence-corrected chi connectivity index (χ4v) is 4.64. The summed E-state index contributed by atoms with van der Waals surface area (Å²) in [6, 6.07) is 9.79. The van der Waals surface area contributed by atoms with Crippen LogP contribution < -0.4 is 10.1 Å². The van der Waals surface area contributed by atoms with Crippen molar-refractivity contribution in [2.45, 2.75) is 47.8 Å². The van der Waals surface area contributed by atoms with Crippen LogP contribution in [0, 0.1) is 34.6 Å². The Morgan fingerprint density at radius 2 is 1.82 bits per heavy atom. The first-order chi connectivity index (χ1) is 15.7. The van der Waals surface area contributed by atoms with Gasteiger partial charge in [-0.3, -0.25) is 14.2 Å². The SMILES string of the molecule is Cc1ccccc1OCc1csc(C(=O)Nc2c(C)nn(Cc3c(C)nn(C)c3C)c2C)c1. The van der Waals surface area contributed by atoms with Gasteiger partial charge in [0.25, 0.3) is 5.91 Å². The Labute approximate surface area is 198 Å². The largest absolute Gasteiger partial charge is 0.489 e. The molecular weight excluding hydrogens is 434 g/mol. The van der Waals surface area contributed by atoms with Crippen LogP contribution in [0.5, 0.6) is 5.75 Å². The van der Waals surface area contributed by atoms with Gasteiger partial charge in [0.05, 0.1) is 34.2 Å². The van der Waals surface area contributed by atoms with Crippen LogP contribution in [0.4, 0.5) is 5.69 Å². The summed E-state index contributed by atoms with van der Waals surface area (Å²) in [6.45, 7) is 11.0. The van der Waals surface area contributed by atoms with Crippen LogP contribution in [0.3, 0.4) is 0 Å². The van der Waals surface area contributed by atoms with Crippen molar-refractivity contribution in [3.8, 4) is 5.75 Å². The zero-order valence-electron chi connectivity index (χ0n) is 19.9. The summed E-state index contributed by atoms with van der Waals surface area (Å²) >= 11 is 1.41. The van der Waals surface area contributed by atoms with Gasteiger partial charge in [0.1, 0.15) is 12.4 Å². The predicted octanol–water partition coefficient (Wildman–Crippen LogP) is 5.10. The van der Waals surface area contributed by atoms with Gasteiger partial charge in [-0.15, -0.1) is 11.3 Å². The fourth-order valence-electron chi connectivity index (χ4n) is 3.85. The third-order valence-corrected chi connectivity index (χ3v) is 6.93. The van der Waals surface area contributed by atoms with Crippen molar-refractivity contribution >= 4 is 22.9 Å². The number of aromatic nitrogens is 4. The maximum absolute atomic E-state index is 12.9. The highest BCUT2D eigenvalue weighted by molar-refractivity contribution is 7.12. The molecule has 0 saturated heterocycles. The molecule has 1 aromatic carbocycles. The molecule has 4 aromatic rings. The van der Waals surface area contributed by atoms with E-state index >= 15 is 0 Å². The van der Waals surface area contributed by atoms with Crippen molar-refractivity contribution < 1.29 is 9.53 Å². The van der Waals surface area contributed by atoms with Gasteiger partial charge in [0, 0.05) is 23.9 Å². The lowest BCUT2D eigenvalue weighted by atomic mass is 10.2. The third kappa shape index (κ3) is 4.71. The average molecular weight is 464 g/mol. The quantitative estimate of drug-likeness (QED) is 0.414. The smallest absolute Gasteiger partial charge is 0.265 e. The minimum atomic E-state index is -0.137. The third-order valence-electron chi connectivity index (χ3n) is 5.95. The molecule has 0 aliphatic carbocycles. The topological polar surface area (TPSA) is 74.0 Å². The van der Waals surface area contributed by atoms with E-state index in [1.807, 2.05) is 79.8 Å². The molecule has 0 aliphatic rings. The number of amides is 1. The molecule has 8 heteroatoms. The van der Waals surface area contributed by atoms with E-state index in [0.29, 0.717) is 18.0 Å². The van der Waals surface area contributed by atoms with Gasteiger partial charge in [-0.25, -0.2) is 0 Å². The standard InChI is InChI=1S/C25H29N5O2S/c1-15-9-7-8-10-22(15)32-13-20-11-23(33-14-20)25(31)26-24-17(3)28-30(19(24)5)12-21-16(2)27-29(6)18(21)4/h7-11,14H,12-13H2,1-6H3,(H,26,31). The Morgan fingerprint density at radius 3 is 2.52 bits per heavy atom. The highest BCUT2D eigenvalue weighted by atomic mass is 32.1. The van der Waals surface area contributed by atoms with Gasteiger partial charge in [0.15, 0.2) is 0 Å². The molecule has 0 unspecified atom stereocenters. The minimum absolute atomic E-state index is 0.137. The summed E-state index contributed by atoms with van der Waals surface area (Å²) in [6.07, 6.45) is 0. The molecule has 0 bridgehead atoms. The lowest BCUT2D eigenvalue weighted by molar-refractivity contribution is 0.103. The summed E-state index contributed by atoms with van der Waals surface area (Å²) in [5.41, 5.74) is 7.79. The number of nitrogens with one attached hydrogen (secondary N) is 1. The summed E-state index contributed by atoms with van der Waals surface area (Å²) in [4.78, 5) is 13.6. The normalized spacial score (nSPS) is 11.1. The van der Waals surface area contributed by atoms with E-state index < -0.39 is 0 Å². The molecule has 33 heavy (non-hydrogen) atoms. The molecule has 7 nitrogen and oxygen atoms in total. The summed E-state index contributed by atoms with van der Waals surface area (Å²) < 4.78 is 9.72. The lowest BCUT2D eigenvalue weighted by Gasteiger charge is -2.08. The van der Waals surface area contributed by atoms with Gasteiger partial charge in [-0.1, -0.05) is 18.2 Å². The van der Waals surface area contributed by atoms with Crippen molar-refractivity contribution in [2.24, 2.45) is 7.05 Å². The van der Waals surface area contributed by atoms with Crippen molar-refractivity contribution in [3.05, 3.63) is 80.1 Å². The molecule has 1 amide bonds. The van der Waals surface area contributed by atoms with Crippen molar-refractivity contribution in [1.29, 1.82) is 0 Å². The molecule has 3 aromatic heterocycles. The highest BCUT2D eigenvalue weighted by Crippen LogP contribution is 2.25. The first kappa shape index (κ1) is 22.8. The molecular formula is C25H29N5O2S. The second kappa shape index (κ2) is 9.23. The van der Waals surface area contributed by atoms with E-state index in [4.69, 9.17) is 4.74 Å². The number of ether oxygens (including phenoxy) is 1. The van der Waals surface area contributed by atoms with E-state index in [1.54, 1.807) is 0 Å². The van der Waals surface area contributed by atoms with Crippen LogP contribution in [0.1, 0.15) is 49.1 Å². The number of thiophene rings is 1. The molecule has 4 rings (SSSR count). The highest BCUT2D eigenvalue weighted by Gasteiger charge is 2.19. The first-order valence-corrected chi connectivity index (χ1v) is 11.7. The monoisotopic (exact) mass is 463 g/mol. The zero-order valence-corrected chi connectivity index (χ0v) is 20.7. The number of carbonyl (C=O) groups is 1. The zero-order chi connectivity index (χ0) is 23.7. The Hall–Kier alpha value is -3.39. The summed E-state index contributed by atoms with van der Waals surface area (Å²) in [5.74, 6) is 0.717. The maximum Gasteiger partial charge on any atom is 0.265 e. The second-order valence-electron chi connectivity index (χ2n) is 8.30. The second-order valence-corrected chi connectivity index (χ2v) is 9.22. The Morgan fingerprint density at radius 1 is 1.06 bits per heavy atom. The van der Waals surface area contributed by atoms with Gasteiger partial charge in [-0.05, 0) is 57.7 Å². The Balaban J connectivity index is 1.45. The number of benzene rings is 1. The fraction of sp³-hybridized carbons (Fsp3) is 0.320. The molecule has 0 spiro atoms. The number of rotatable bonds is 7. The molecule has 1 N–H and O–H groups in total. The maximum atomic E-state index is 12.9. The Kier molecular flexibility index (Phi) is 6.37. The van der Waals surface area contributed by atoms with E-state index in [2.05, 4.69) is 22.4 Å². The van der Waals surface area contributed by atoms with Crippen molar-refractivity contribution in [2.75, 3.05) is 5.32 Å². The number of para-hydroxylation sites is 1. The van der Waals surface area contributed by atoms with Crippen LogP contribution >= 0.6 is 11.3 Å². The average Bonchev–Trinajstić information content (AvgIpc) is 3.43. The molecule has 0 atom stereocenters. The summed E-state index contributed by atoms with van der Waals surface area (Å²) in [7, 11) is 1.94. The number of hydrogen-bond donors (Lipinski definition) is 1. The van der Waals surface area contributed by atoms with Gasteiger partial charge in [-0.2, -0.15) is 10.2 Å². The molecule has 172 valence electrons. The summed E-state index contributed by atoms with van der Waals surface area (Å²) in [5, 5.41) is 14.2. The van der Waals surface area contributed by atoms with E-state index in [0.717, 1.165) is 50.9 Å². The van der Waals surface area contributed by atoms with Crippen LogP contribution in [-0.4, -0.2) is 25.5 Å². The molecule has 0 fully saturated rings. The number of aryl methyl sites for hydroxylation is 4. The van der Waals surface area contributed by atoms with Crippen LogP contribution in [0.25, 0.3) is 0 Å². The number of hydrogen-bond acceptors (Lipinski definition) is 5. The van der Waals surface area contributed by atoms with Crippen molar-refractivity contribution in [3.63, 3.8) is 0 Å². The predicted molar refractivity (Wildman–Crippen MR) is 131 cm³/mol. The first-order valence-electron chi connectivity index (χ1n) is 10.8. The molecule has 0 saturated carbocycles. The van der Waals surface area contributed by atoms with E-state index in [-0.39, 0.29) is 5.91 Å². The molecule has 0 aliphatic heterocycles. The van der Waals surface area contributed by atoms with Gasteiger partial charge in [0.2, 0.25) is 0 Å². The van der Waals surface area contributed by atoms with Crippen LogP contribution in [0.15, 0.2) is 35.7 Å². The number of carbonyl (C=O) groups excluding carboxylic acids is 1. The van der Waals surface area contributed by atoms with Gasteiger partial charge < -0.3 is 10.1 Å². The number of nitrogens with zero attached hydrogens (tertiary/aromatic N) is 4. The van der Waals surface area contributed by atoms with Crippen LogP contribution in [-0.2, 0) is 20.2 Å². The van der Waals surface area contributed by atoms with E-state index in [1.165, 1.54) is 11.3 Å². The van der Waals surface area contributed by atoms with E-state index in [9.17, 15) is 4.79 Å². The van der Waals surface area contributed by atoms with Crippen LogP contribution in [0.2, 0.25) is 0 Å². The minimum Gasteiger partial charge on any atom is -0.489 e. The van der Waals surface area contributed by atoms with Gasteiger partial charge >= 0.3 is 0 Å². The lowest BCUT2D eigenvalue weighted by Crippen LogP contribution is -2.12. The van der Waals surface area contributed by atoms with Crippen molar-refractivity contribution in [1.82, 2.24) is 19.6 Å². The molecule has 3 heterocycles.